The third-order valence-electron chi connectivity index (χ3n) is 3.00. The molecule has 5 heteroatoms. The second kappa shape index (κ2) is 5.62. The number of carboxylic acid groups (broad SMARTS) is 1. The molecule has 0 radical (unpaired) electrons. The zero-order valence-electron chi connectivity index (χ0n) is 9.76. The van der Waals surface area contributed by atoms with E-state index in [4.69, 9.17) is 9.84 Å². The lowest BCUT2D eigenvalue weighted by atomic mass is 10.2. The van der Waals surface area contributed by atoms with E-state index in [1.54, 1.807) is 11.3 Å². The molecule has 17 heavy (non-hydrogen) atoms. The lowest BCUT2D eigenvalue weighted by Gasteiger charge is -2.16. The number of nitrogens with one attached hydrogen (secondary N) is 1. The molecule has 3 unspecified atom stereocenters. The number of rotatable bonds is 5. The molecule has 2 N–H and O–H groups in total. The van der Waals surface area contributed by atoms with Crippen molar-refractivity contribution >= 4 is 17.3 Å². The van der Waals surface area contributed by atoms with Crippen molar-refractivity contribution in [2.75, 3.05) is 6.54 Å². The molecular formula is C12H17NO3S. The van der Waals surface area contributed by atoms with Crippen LogP contribution in [0.15, 0.2) is 17.5 Å². The molecule has 0 amide bonds. The molecule has 2 heterocycles. The summed E-state index contributed by atoms with van der Waals surface area (Å²) in [5, 5.41) is 14.2. The number of ether oxygens (including phenoxy) is 1. The van der Waals surface area contributed by atoms with Crippen LogP contribution in [0.1, 0.15) is 30.7 Å². The number of hydrogen-bond donors (Lipinski definition) is 2. The van der Waals surface area contributed by atoms with Crippen LogP contribution in [0.2, 0.25) is 0 Å². The van der Waals surface area contributed by atoms with Crippen molar-refractivity contribution in [3.05, 3.63) is 22.4 Å². The van der Waals surface area contributed by atoms with Crippen molar-refractivity contribution in [3.8, 4) is 0 Å². The van der Waals surface area contributed by atoms with E-state index in [1.807, 2.05) is 6.07 Å². The largest absolute Gasteiger partial charge is 0.479 e. The van der Waals surface area contributed by atoms with Crippen LogP contribution in [0.3, 0.4) is 0 Å². The molecule has 0 aromatic carbocycles. The summed E-state index contributed by atoms with van der Waals surface area (Å²) in [4.78, 5) is 12.0. The SMILES string of the molecule is CC(NCC1CCC(C(=O)O)O1)c1cccs1. The minimum absolute atomic E-state index is 0.0264. The first-order chi connectivity index (χ1) is 8.16. The van der Waals surface area contributed by atoms with E-state index < -0.39 is 12.1 Å². The fourth-order valence-corrected chi connectivity index (χ4v) is 2.74. The molecule has 1 aromatic rings. The minimum Gasteiger partial charge on any atom is -0.479 e. The van der Waals surface area contributed by atoms with E-state index in [0.29, 0.717) is 19.0 Å². The highest BCUT2D eigenvalue weighted by Gasteiger charge is 2.30. The fraction of sp³-hybridized carbons (Fsp3) is 0.583. The first kappa shape index (κ1) is 12.5. The van der Waals surface area contributed by atoms with Gasteiger partial charge in [-0.2, -0.15) is 0 Å². The predicted molar refractivity (Wildman–Crippen MR) is 66.3 cm³/mol. The highest BCUT2D eigenvalue weighted by Crippen LogP contribution is 2.22. The lowest BCUT2D eigenvalue weighted by Crippen LogP contribution is -2.30. The second-order valence-corrected chi connectivity index (χ2v) is 5.29. The maximum absolute atomic E-state index is 10.7. The van der Waals surface area contributed by atoms with Crippen molar-refractivity contribution in [2.24, 2.45) is 0 Å². The quantitative estimate of drug-likeness (QED) is 0.845. The van der Waals surface area contributed by atoms with Crippen molar-refractivity contribution in [1.82, 2.24) is 5.32 Å². The summed E-state index contributed by atoms with van der Waals surface area (Å²) in [5.74, 6) is -0.848. The third-order valence-corrected chi connectivity index (χ3v) is 4.06. The van der Waals surface area contributed by atoms with Gasteiger partial charge in [0.1, 0.15) is 0 Å². The van der Waals surface area contributed by atoms with Crippen LogP contribution in [0, 0.1) is 0 Å². The minimum atomic E-state index is -0.848. The summed E-state index contributed by atoms with van der Waals surface area (Å²) in [6.45, 7) is 2.82. The standard InChI is InChI=1S/C12H17NO3S/c1-8(11-3-2-6-17-11)13-7-9-4-5-10(16-9)12(14)15/h2-3,6,8-10,13H,4-5,7H2,1H3,(H,14,15). The Morgan fingerprint density at radius 3 is 3.12 bits per heavy atom. The van der Waals surface area contributed by atoms with Gasteiger partial charge in [-0.25, -0.2) is 4.79 Å². The Kier molecular flexibility index (Phi) is 4.15. The van der Waals surface area contributed by atoms with Crippen LogP contribution < -0.4 is 5.32 Å². The molecule has 2 rings (SSSR count). The van der Waals surface area contributed by atoms with Crippen LogP contribution in [0.25, 0.3) is 0 Å². The zero-order valence-corrected chi connectivity index (χ0v) is 10.6. The van der Waals surface area contributed by atoms with Gasteiger partial charge < -0.3 is 15.2 Å². The smallest absolute Gasteiger partial charge is 0.332 e. The zero-order chi connectivity index (χ0) is 12.3. The Hall–Kier alpha value is -0.910. The molecule has 94 valence electrons. The number of aliphatic carboxylic acids is 1. The second-order valence-electron chi connectivity index (χ2n) is 4.31. The highest BCUT2D eigenvalue weighted by molar-refractivity contribution is 7.10. The van der Waals surface area contributed by atoms with Crippen molar-refractivity contribution in [1.29, 1.82) is 0 Å². The monoisotopic (exact) mass is 255 g/mol. The first-order valence-corrected chi connectivity index (χ1v) is 6.70. The number of carbonyl (C=O) groups is 1. The lowest BCUT2D eigenvalue weighted by molar-refractivity contribution is -0.149. The van der Waals surface area contributed by atoms with Gasteiger partial charge in [-0.05, 0) is 31.2 Å². The van der Waals surface area contributed by atoms with Crippen LogP contribution in [-0.4, -0.2) is 29.8 Å². The Labute approximate surface area is 105 Å². The summed E-state index contributed by atoms with van der Waals surface area (Å²) in [5.41, 5.74) is 0. The van der Waals surface area contributed by atoms with E-state index in [0.717, 1.165) is 6.42 Å². The molecule has 1 aliphatic rings. The van der Waals surface area contributed by atoms with E-state index >= 15 is 0 Å². The molecule has 0 saturated carbocycles. The van der Waals surface area contributed by atoms with Crippen molar-refractivity contribution in [3.63, 3.8) is 0 Å². The molecular weight excluding hydrogens is 238 g/mol. The van der Waals surface area contributed by atoms with Gasteiger partial charge in [-0.3, -0.25) is 0 Å². The summed E-state index contributed by atoms with van der Waals surface area (Å²) < 4.78 is 5.43. The van der Waals surface area contributed by atoms with Crippen LogP contribution in [-0.2, 0) is 9.53 Å². The van der Waals surface area contributed by atoms with Gasteiger partial charge in [0.25, 0.3) is 0 Å². The van der Waals surface area contributed by atoms with Crippen molar-refractivity contribution in [2.45, 2.75) is 38.0 Å². The highest BCUT2D eigenvalue weighted by atomic mass is 32.1. The molecule has 1 fully saturated rings. The average molecular weight is 255 g/mol. The molecule has 1 aromatic heterocycles. The Morgan fingerprint density at radius 2 is 2.53 bits per heavy atom. The molecule has 3 atom stereocenters. The maximum Gasteiger partial charge on any atom is 0.332 e. The summed E-state index contributed by atoms with van der Waals surface area (Å²) in [6.07, 6.45) is 0.855. The Bertz CT molecular complexity index is 366. The molecule has 4 nitrogen and oxygen atoms in total. The topological polar surface area (TPSA) is 58.6 Å². The summed E-state index contributed by atoms with van der Waals surface area (Å²) >= 11 is 1.72. The number of thiophene rings is 1. The van der Waals surface area contributed by atoms with Crippen molar-refractivity contribution < 1.29 is 14.6 Å². The molecule has 0 bridgehead atoms. The third kappa shape index (κ3) is 3.28. The molecule has 0 spiro atoms. The van der Waals surface area contributed by atoms with Gasteiger partial charge in [0.15, 0.2) is 6.10 Å². The van der Waals surface area contributed by atoms with Gasteiger partial charge >= 0.3 is 5.97 Å². The van der Waals surface area contributed by atoms with Gasteiger partial charge in [0.05, 0.1) is 6.10 Å². The summed E-state index contributed by atoms with van der Waals surface area (Å²) in [7, 11) is 0. The first-order valence-electron chi connectivity index (χ1n) is 5.82. The normalized spacial score (nSPS) is 25.9. The van der Waals surface area contributed by atoms with Gasteiger partial charge in [0.2, 0.25) is 0 Å². The number of hydrogen-bond acceptors (Lipinski definition) is 4. The van der Waals surface area contributed by atoms with E-state index in [2.05, 4.69) is 23.7 Å². The predicted octanol–water partition coefficient (Wildman–Crippen LogP) is 2.03. The summed E-state index contributed by atoms with van der Waals surface area (Å²) in [6, 6.07) is 4.42. The van der Waals surface area contributed by atoms with E-state index in [9.17, 15) is 4.79 Å². The average Bonchev–Trinajstić information content (AvgIpc) is 2.97. The fourth-order valence-electron chi connectivity index (χ4n) is 1.98. The molecule has 0 aliphatic carbocycles. The van der Waals surface area contributed by atoms with E-state index in [-0.39, 0.29) is 6.10 Å². The molecule has 1 saturated heterocycles. The number of carboxylic acids is 1. The molecule has 1 aliphatic heterocycles. The maximum atomic E-state index is 10.7. The van der Waals surface area contributed by atoms with Crippen LogP contribution >= 0.6 is 11.3 Å². The van der Waals surface area contributed by atoms with Crippen LogP contribution in [0.4, 0.5) is 0 Å². The Balaban J connectivity index is 1.74. The van der Waals surface area contributed by atoms with Gasteiger partial charge in [-0.15, -0.1) is 11.3 Å². The van der Waals surface area contributed by atoms with E-state index in [1.165, 1.54) is 4.88 Å². The Morgan fingerprint density at radius 1 is 1.71 bits per heavy atom. The van der Waals surface area contributed by atoms with Gasteiger partial charge in [-0.1, -0.05) is 6.07 Å². The van der Waals surface area contributed by atoms with Gasteiger partial charge in [0, 0.05) is 17.5 Å². The van der Waals surface area contributed by atoms with Crippen LogP contribution in [0.5, 0.6) is 0 Å².